The third-order valence-corrected chi connectivity index (χ3v) is 4.42. The van der Waals surface area contributed by atoms with E-state index in [4.69, 9.17) is 10.5 Å². The van der Waals surface area contributed by atoms with Crippen LogP contribution in [-0.4, -0.2) is 13.2 Å². The Kier molecular flexibility index (Phi) is 3.96. The Hall–Kier alpha value is -1.02. The lowest BCUT2D eigenvalue weighted by atomic mass is 9.79. The summed E-state index contributed by atoms with van der Waals surface area (Å²) >= 11 is 0. The summed E-state index contributed by atoms with van der Waals surface area (Å²) in [5, 5.41) is 0. The molecule has 2 nitrogen and oxygen atoms in total. The molecule has 0 bridgehead atoms. The number of hydrogen-bond acceptors (Lipinski definition) is 2. The lowest BCUT2D eigenvalue weighted by Gasteiger charge is -2.29. The van der Waals surface area contributed by atoms with Crippen LogP contribution in [0.15, 0.2) is 6.07 Å². The van der Waals surface area contributed by atoms with Crippen molar-refractivity contribution in [2.75, 3.05) is 7.11 Å². The molecule has 1 saturated carbocycles. The maximum Gasteiger partial charge on any atom is 0.125 e. The fourth-order valence-corrected chi connectivity index (χ4v) is 3.25. The zero-order valence-electron chi connectivity index (χ0n) is 12.0. The number of nitrogens with two attached hydrogens (primary N) is 1. The van der Waals surface area contributed by atoms with Crippen molar-refractivity contribution in [2.24, 2.45) is 5.73 Å². The molecule has 1 aliphatic carbocycles. The maximum absolute atomic E-state index is 6.01. The molecular formula is C16H25NO. The molecule has 1 fully saturated rings. The second-order valence-corrected chi connectivity index (χ2v) is 5.69. The molecule has 0 heterocycles. The van der Waals surface area contributed by atoms with Gasteiger partial charge in [-0.1, -0.05) is 6.07 Å². The molecule has 2 rings (SSSR count). The van der Waals surface area contributed by atoms with Crippen LogP contribution in [0.3, 0.4) is 0 Å². The average Bonchev–Trinajstić information content (AvgIpc) is 2.35. The Balaban J connectivity index is 2.40. The van der Waals surface area contributed by atoms with Crippen LogP contribution in [0.2, 0.25) is 0 Å². The largest absolute Gasteiger partial charge is 0.496 e. The van der Waals surface area contributed by atoms with Crippen molar-refractivity contribution in [3.63, 3.8) is 0 Å². The Bertz CT molecular complexity index is 431. The Morgan fingerprint density at radius 3 is 2.22 bits per heavy atom. The Labute approximate surface area is 111 Å². The molecule has 1 aromatic rings. The predicted molar refractivity (Wildman–Crippen MR) is 76.4 cm³/mol. The van der Waals surface area contributed by atoms with Gasteiger partial charge in [0.05, 0.1) is 7.11 Å². The number of methoxy groups -OCH3 is 1. The van der Waals surface area contributed by atoms with Gasteiger partial charge >= 0.3 is 0 Å². The molecule has 0 amide bonds. The van der Waals surface area contributed by atoms with E-state index in [-0.39, 0.29) is 0 Å². The summed E-state index contributed by atoms with van der Waals surface area (Å²) in [4.78, 5) is 0. The first-order valence-corrected chi connectivity index (χ1v) is 6.94. The highest BCUT2D eigenvalue weighted by Gasteiger charge is 2.25. The average molecular weight is 247 g/mol. The van der Waals surface area contributed by atoms with Crippen LogP contribution < -0.4 is 10.5 Å². The van der Waals surface area contributed by atoms with Crippen LogP contribution in [0.5, 0.6) is 5.75 Å². The first-order chi connectivity index (χ1) is 8.54. The fourth-order valence-electron chi connectivity index (χ4n) is 3.25. The van der Waals surface area contributed by atoms with Crippen LogP contribution in [0.1, 0.15) is 53.9 Å². The highest BCUT2D eigenvalue weighted by molar-refractivity contribution is 5.51. The lowest BCUT2D eigenvalue weighted by molar-refractivity contribution is 0.366. The second-order valence-electron chi connectivity index (χ2n) is 5.69. The molecule has 0 aromatic heterocycles. The van der Waals surface area contributed by atoms with E-state index in [9.17, 15) is 0 Å². The topological polar surface area (TPSA) is 35.2 Å². The van der Waals surface area contributed by atoms with Gasteiger partial charge in [-0.05, 0) is 69.1 Å². The molecule has 0 radical (unpaired) electrons. The summed E-state index contributed by atoms with van der Waals surface area (Å²) in [7, 11) is 1.79. The van der Waals surface area contributed by atoms with E-state index in [0.29, 0.717) is 12.0 Å². The molecule has 18 heavy (non-hydrogen) atoms. The van der Waals surface area contributed by atoms with Crippen LogP contribution in [-0.2, 0) is 0 Å². The molecule has 1 aliphatic rings. The fraction of sp³-hybridized carbons (Fsp3) is 0.625. The van der Waals surface area contributed by atoms with E-state index in [1.165, 1.54) is 35.1 Å². The monoisotopic (exact) mass is 247 g/mol. The third kappa shape index (κ3) is 2.39. The van der Waals surface area contributed by atoms with Gasteiger partial charge in [-0.2, -0.15) is 0 Å². The molecule has 0 unspecified atom stereocenters. The summed E-state index contributed by atoms with van der Waals surface area (Å²) in [6.07, 6.45) is 4.67. The maximum atomic E-state index is 6.01. The number of ether oxygens (including phenoxy) is 1. The van der Waals surface area contributed by atoms with E-state index in [1.54, 1.807) is 7.11 Å². The van der Waals surface area contributed by atoms with Gasteiger partial charge in [0.25, 0.3) is 0 Å². The quantitative estimate of drug-likeness (QED) is 0.866. The van der Waals surface area contributed by atoms with Gasteiger partial charge in [0.1, 0.15) is 5.75 Å². The Morgan fingerprint density at radius 1 is 1.06 bits per heavy atom. The molecule has 2 heteroatoms. The van der Waals surface area contributed by atoms with Gasteiger partial charge in [0.2, 0.25) is 0 Å². The van der Waals surface area contributed by atoms with Crippen molar-refractivity contribution in [1.29, 1.82) is 0 Å². The summed E-state index contributed by atoms with van der Waals surface area (Å²) in [6.45, 7) is 6.52. The highest BCUT2D eigenvalue weighted by Crippen LogP contribution is 2.41. The normalized spacial score (nSPS) is 24.1. The van der Waals surface area contributed by atoms with Crippen molar-refractivity contribution in [2.45, 2.75) is 58.4 Å². The van der Waals surface area contributed by atoms with Gasteiger partial charge in [-0.3, -0.25) is 0 Å². The number of hydrogen-bond donors (Lipinski definition) is 1. The van der Waals surface area contributed by atoms with Crippen LogP contribution in [0, 0.1) is 20.8 Å². The molecule has 2 N–H and O–H groups in total. The number of benzene rings is 1. The van der Waals surface area contributed by atoms with Crippen LogP contribution >= 0.6 is 0 Å². The number of aryl methyl sites for hydroxylation is 2. The SMILES string of the molecule is COc1c(C)c(C)cc(C)c1C1CCC(N)CC1. The first-order valence-electron chi connectivity index (χ1n) is 6.94. The van der Waals surface area contributed by atoms with E-state index >= 15 is 0 Å². The summed E-state index contributed by atoms with van der Waals surface area (Å²) in [5.74, 6) is 1.73. The highest BCUT2D eigenvalue weighted by atomic mass is 16.5. The first kappa shape index (κ1) is 13.4. The minimum Gasteiger partial charge on any atom is -0.496 e. The second kappa shape index (κ2) is 5.31. The van der Waals surface area contributed by atoms with Gasteiger partial charge < -0.3 is 10.5 Å². The molecule has 100 valence electrons. The van der Waals surface area contributed by atoms with Crippen LogP contribution in [0.25, 0.3) is 0 Å². The van der Waals surface area contributed by atoms with Gasteiger partial charge in [0, 0.05) is 11.6 Å². The van der Waals surface area contributed by atoms with Crippen molar-refractivity contribution in [3.8, 4) is 5.75 Å². The molecule has 0 aliphatic heterocycles. The molecule has 1 aromatic carbocycles. The zero-order valence-corrected chi connectivity index (χ0v) is 12.0. The molecule has 0 spiro atoms. The standard InChI is InChI=1S/C16H25NO/c1-10-9-11(2)15(16(18-4)12(10)3)13-5-7-14(17)8-6-13/h9,13-14H,5-8,17H2,1-4H3. The smallest absolute Gasteiger partial charge is 0.125 e. The zero-order chi connectivity index (χ0) is 13.3. The molecule has 0 saturated heterocycles. The lowest BCUT2D eigenvalue weighted by Crippen LogP contribution is -2.26. The summed E-state index contributed by atoms with van der Waals surface area (Å²) in [5.41, 5.74) is 11.4. The van der Waals surface area contributed by atoms with E-state index in [1.807, 2.05) is 0 Å². The van der Waals surface area contributed by atoms with Gasteiger partial charge in [-0.15, -0.1) is 0 Å². The number of rotatable bonds is 2. The van der Waals surface area contributed by atoms with E-state index < -0.39 is 0 Å². The third-order valence-electron chi connectivity index (χ3n) is 4.42. The van der Waals surface area contributed by atoms with Crippen molar-refractivity contribution < 1.29 is 4.74 Å². The molecule has 0 atom stereocenters. The Morgan fingerprint density at radius 2 is 1.67 bits per heavy atom. The van der Waals surface area contributed by atoms with E-state index in [2.05, 4.69) is 26.8 Å². The minimum atomic E-state index is 0.402. The van der Waals surface area contributed by atoms with Crippen molar-refractivity contribution >= 4 is 0 Å². The van der Waals surface area contributed by atoms with Gasteiger partial charge in [-0.25, -0.2) is 0 Å². The van der Waals surface area contributed by atoms with Crippen molar-refractivity contribution in [1.82, 2.24) is 0 Å². The van der Waals surface area contributed by atoms with E-state index in [0.717, 1.165) is 18.6 Å². The minimum absolute atomic E-state index is 0.402. The summed E-state index contributed by atoms with van der Waals surface area (Å²) in [6, 6.07) is 2.70. The van der Waals surface area contributed by atoms with Crippen molar-refractivity contribution in [3.05, 3.63) is 28.3 Å². The van der Waals surface area contributed by atoms with Crippen LogP contribution in [0.4, 0.5) is 0 Å². The van der Waals surface area contributed by atoms with Gasteiger partial charge in [0.15, 0.2) is 0 Å². The predicted octanol–water partition coefficient (Wildman–Crippen LogP) is 3.61. The molecular weight excluding hydrogens is 222 g/mol. The summed E-state index contributed by atoms with van der Waals surface area (Å²) < 4.78 is 5.69.